The van der Waals surface area contributed by atoms with Gasteiger partial charge in [-0.1, -0.05) is 97.1 Å². The molecule has 144 valence electrons. The summed E-state index contributed by atoms with van der Waals surface area (Å²) in [4.78, 5) is 0. The second-order valence-corrected chi connectivity index (χ2v) is 7.36. The fourth-order valence-electron chi connectivity index (χ4n) is 3.87. The van der Waals surface area contributed by atoms with Crippen molar-refractivity contribution in [2.24, 2.45) is 5.10 Å². The number of nitrogens with zero attached hydrogens (tertiary/aromatic N) is 2. The van der Waals surface area contributed by atoms with Crippen molar-refractivity contribution in [3.63, 3.8) is 0 Å². The maximum absolute atomic E-state index is 4.97. The fourth-order valence-corrected chi connectivity index (χ4v) is 3.87. The van der Waals surface area contributed by atoms with Crippen molar-refractivity contribution in [3.8, 4) is 0 Å². The summed E-state index contributed by atoms with van der Waals surface area (Å²) in [6, 6.07) is 40.1. The molecule has 0 aliphatic rings. The summed E-state index contributed by atoms with van der Waals surface area (Å²) in [5, 5.41) is 11.9. The summed E-state index contributed by atoms with van der Waals surface area (Å²) in [5.41, 5.74) is 3.45. The Balaban J connectivity index is 1.62. The summed E-state index contributed by atoms with van der Waals surface area (Å²) in [7, 11) is 0. The molecule has 0 radical (unpaired) electrons. The first-order chi connectivity index (χ1) is 14.9. The fraction of sp³-hybridized carbons (Fsp3) is 0.0357. The second-order valence-electron chi connectivity index (χ2n) is 7.36. The number of hydrogen-bond acceptors (Lipinski definition) is 2. The molecule has 0 aliphatic heterocycles. The quantitative estimate of drug-likeness (QED) is 0.180. The zero-order valence-electron chi connectivity index (χ0n) is 16.6. The van der Waals surface area contributed by atoms with E-state index in [2.05, 4.69) is 108 Å². The third kappa shape index (κ3) is 3.68. The largest absolute Gasteiger partial charge is 0.261 e. The number of benzene rings is 5. The third-order valence-electron chi connectivity index (χ3n) is 5.37. The van der Waals surface area contributed by atoms with Gasteiger partial charge in [0, 0.05) is 5.56 Å². The van der Waals surface area contributed by atoms with Gasteiger partial charge in [-0.15, -0.1) is 0 Å². The maximum Gasteiger partial charge on any atom is 0.0666 e. The minimum absolute atomic E-state index is 0.712. The Kier molecular flexibility index (Phi) is 4.97. The first kappa shape index (κ1) is 18.1. The number of rotatable bonds is 5. The highest BCUT2D eigenvalue weighted by atomic mass is 15.4. The Morgan fingerprint density at radius 3 is 1.77 bits per heavy atom. The lowest BCUT2D eigenvalue weighted by Gasteiger charge is -2.19. The molecule has 0 heterocycles. The Hall–Kier alpha value is -3.91. The van der Waals surface area contributed by atoms with Gasteiger partial charge in [-0.25, -0.2) is 0 Å². The molecule has 2 heteroatoms. The lowest BCUT2D eigenvalue weighted by molar-refractivity contribution is 0.859. The van der Waals surface area contributed by atoms with E-state index in [9.17, 15) is 0 Å². The van der Waals surface area contributed by atoms with Crippen LogP contribution in [0, 0.1) is 0 Å². The highest BCUT2D eigenvalue weighted by Crippen LogP contribution is 2.27. The standard InChI is InChI=1S/C28H22N2/c1-3-11-22(12-4-1)21-30(25-15-5-2-6-16-25)29-20-28-26-17-9-7-13-23(26)19-24-14-8-10-18-27(24)28/h1-20H,21H2/b29-20+. The predicted octanol–water partition coefficient (Wildman–Crippen LogP) is 7.03. The monoisotopic (exact) mass is 386 g/mol. The van der Waals surface area contributed by atoms with Crippen LogP contribution in [0.3, 0.4) is 0 Å². The van der Waals surface area contributed by atoms with Gasteiger partial charge in [0.05, 0.1) is 18.4 Å². The summed E-state index contributed by atoms with van der Waals surface area (Å²) >= 11 is 0. The number of hydrogen-bond donors (Lipinski definition) is 0. The van der Waals surface area contributed by atoms with Crippen molar-refractivity contribution >= 4 is 33.4 Å². The minimum Gasteiger partial charge on any atom is -0.261 e. The van der Waals surface area contributed by atoms with E-state index in [1.165, 1.54) is 27.1 Å². The molecule has 2 nitrogen and oxygen atoms in total. The number of hydrazone groups is 1. The molecule has 5 aromatic carbocycles. The van der Waals surface area contributed by atoms with Crippen molar-refractivity contribution in [3.05, 3.63) is 126 Å². The lowest BCUT2D eigenvalue weighted by atomic mass is 9.97. The van der Waals surface area contributed by atoms with Gasteiger partial charge < -0.3 is 0 Å². The molecular weight excluding hydrogens is 364 g/mol. The second kappa shape index (κ2) is 8.22. The Bertz CT molecular complexity index is 1250. The molecule has 30 heavy (non-hydrogen) atoms. The normalized spacial score (nSPS) is 11.3. The Labute approximate surface area is 176 Å². The van der Waals surface area contributed by atoms with E-state index >= 15 is 0 Å². The molecule has 0 atom stereocenters. The molecular formula is C28H22N2. The van der Waals surface area contributed by atoms with Crippen molar-refractivity contribution in [1.29, 1.82) is 0 Å². The van der Waals surface area contributed by atoms with E-state index in [1.807, 2.05) is 18.3 Å². The van der Waals surface area contributed by atoms with Crippen LogP contribution in [0.15, 0.2) is 120 Å². The molecule has 5 aromatic rings. The topological polar surface area (TPSA) is 15.6 Å². The van der Waals surface area contributed by atoms with Crippen molar-refractivity contribution in [1.82, 2.24) is 0 Å². The van der Waals surface area contributed by atoms with Crippen LogP contribution in [0.2, 0.25) is 0 Å². The van der Waals surface area contributed by atoms with Crippen LogP contribution in [0.4, 0.5) is 5.69 Å². The number of anilines is 1. The van der Waals surface area contributed by atoms with Crippen molar-refractivity contribution in [2.45, 2.75) is 6.54 Å². The van der Waals surface area contributed by atoms with Gasteiger partial charge in [0.15, 0.2) is 0 Å². The minimum atomic E-state index is 0.712. The molecule has 0 aromatic heterocycles. The van der Waals surface area contributed by atoms with Gasteiger partial charge in [0.2, 0.25) is 0 Å². The molecule has 0 N–H and O–H groups in total. The SMILES string of the molecule is C(=N\N(Cc1ccccc1)c1ccccc1)/c1c2ccccc2cc2ccccc12. The van der Waals surface area contributed by atoms with Crippen molar-refractivity contribution < 1.29 is 0 Å². The van der Waals surface area contributed by atoms with Crippen LogP contribution < -0.4 is 5.01 Å². The summed E-state index contributed by atoms with van der Waals surface area (Å²) in [6.07, 6.45) is 2.01. The van der Waals surface area contributed by atoms with Gasteiger partial charge in [-0.3, -0.25) is 5.01 Å². The summed E-state index contributed by atoms with van der Waals surface area (Å²) in [5.74, 6) is 0. The van der Waals surface area contributed by atoms with Gasteiger partial charge in [-0.05, 0) is 45.3 Å². The Morgan fingerprint density at radius 1 is 0.600 bits per heavy atom. The van der Waals surface area contributed by atoms with Crippen LogP contribution in [0.1, 0.15) is 11.1 Å². The Morgan fingerprint density at radius 2 is 1.13 bits per heavy atom. The maximum atomic E-state index is 4.97. The third-order valence-corrected chi connectivity index (χ3v) is 5.37. The number of para-hydroxylation sites is 1. The zero-order valence-corrected chi connectivity index (χ0v) is 16.6. The smallest absolute Gasteiger partial charge is 0.0666 e. The van der Waals surface area contributed by atoms with Crippen LogP contribution in [-0.4, -0.2) is 6.21 Å². The van der Waals surface area contributed by atoms with Gasteiger partial charge in [0.25, 0.3) is 0 Å². The van der Waals surface area contributed by atoms with E-state index in [0.717, 1.165) is 11.3 Å². The van der Waals surface area contributed by atoms with E-state index in [4.69, 9.17) is 5.10 Å². The molecule has 0 unspecified atom stereocenters. The molecule has 0 bridgehead atoms. The molecule has 0 amide bonds. The van der Waals surface area contributed by atoms with Crippen LogP contribution in [0.25, 0.3) is 21.5 Å². The highest BCUT2D eigenvalue weighted by molar-refractivity contribution is 6.13. The first-order valence-electron chi connectivity index (χ1n) is 10.2. The molecule has 0 saturated heterocycles. The van der Waals surface area contributed by atoms with E-state index < -0.39 is 0 Å². The van der Waals surface area contributed by atoms with Crippen LogP contribution >= 0.6 is 0 Å². The van der Waals surface area contributed by atoms with Gasteiger partial charge in [-0.2, -0.15) is 5.10 Å². The van der Waals surface area contributed by atoms with E-state index in [-0.39, 0.29) is 0 Å². The average molecular weight is 386 g/mol. The van der Waals surface area contributed by atoms with Crippen LogP contribution in [0.5, 0.6) is 0 Å². The highest BCUT2D eigenvalue weighted by Gasteiger charge is 2.08. The average Bonchev–Trinajstić information content (AvgIpc) is 2.82. The predicted molar refractivity (Wildman–Crippen MR) is 128 cm³/mol. The number of fused-ring (bicyclic) bond motifs is 2. The molecule has 0 saturated carbocycles. The lowest BCUT2D eigenvalue weighted by Crippen LogP contribution is -2.16. The van der Waals surface area contributed by atoms with Gasteiger partial charge >= 0.3 is 0 Å². The van der Waals surface area contributed by atoms with E-state index in [1.54, 1.807) is 0 Å². The molecule has 0 spiro atoms. The summed E-state index contributed by atoms with van der Waals surface area (Å²) < 4.78 is 0. The van der Waals surface area contributed by atoms with E-state index in [0.29, 0.717) is 6.54 Å². The zero-order chi connectivity index (χ0) is 20.2. The van der Waals surface area contributed by atoms with Gasteiger partial charge in [0.1, 0.15) is 0 Å². The molecule has 0 fully saturated rings. The molecule has 0 aliphatic carbocycles. The van der Waals surface area contributed by atoms with Crippen LogP contribution in [-0.2, 0) is 6.54 Å². The summed E-state index contributed by atoms with van der Waals surface area (Å²) in [6.45, 7) is 0.712. The van der Waals surface area contributed by atoms with Crippen molar-refractivity contribution in [2.75, 3.05) is 5.01 Å². The molecule has 5 rings (SSSR count). The first-order valence-corrected chi connectivity index (χ1v) is 10.2.